The first-order chi connectivity index (χ1) is 16.3. The van der Waals surface area contributed by atoms with Crippen LogP contribution in [0.25, 0.3) is 11.1 Å². The van der Waals surface area contributed by atoms with E-state index >= 15 is 0 Å². The van der Waals surface area contributed by atoms with Crippen molar-refractivity contribution >= 4 is 40.7 Å². The second-order valence-corrected chi connectivity index (χ2v) is 8.53. The number of hydrogen-bond donors (Lipinski definition) is 2. The maximum absolute atomic E-state index is 13.5. The Kier molecular flexibility index (Phi) is 6.56. The normalized spacial score (nSPS) is 15.6. The number of amides is 3. The summed E-state index contributed by atoms with van der Waals surface area (Å²) in [6.45, 7) is 2.98. The summed E-state index contributed by atoms with van der Waals surface area (Å²) in [6.07, 6.45) is 0. The number of halogens is 1. The van der Waals surface area contributed by atoms with Gasteiger partial charge < -0.3 is 15.8 Å². The lowest BCUT2D eigenvalue weighted by atomic mass is 9.92. The van der Waals surface area contributed by atoms with Crippen molar-refractivity contribution in [2.75, 3.05) is 17.2 Å². The van der Waals surface area contributed by atoms with Crippen LogP contribution in [0.5, 0.6) is 5.75 Å². The lowest BCUT2D eigenvalue weighted by Crippen LogP contribution is -2.51. The molecule has 1 unspecified atom stereocenters. The first-order valence-electron chi connectivity index (χ1n) is 10.8. The Morgan fingerprint density at radius 3 is 2.62 bits per heavy atom. The van der Waals surface area contributed by atoms with Crippen LogP contribution in [0, 0.1) is 0 Å². The molecule has 1 heterocycles. The molecule has 0 saturated carbocycles. The largest absolute Gasteiger partial charge is 0.484 e. The summed E-state index contributed by atoms with van der Waals surface area (Å²) in [4.78, 5) is 40.5. The topological polar surface area (TPSA) is 102 Å². The summed E-state index contributed by atoms with van der Waals surface area (Å²) < 4.78 is 5.44. The van der Waals surface area contributed by atoms with Crippen LogP contribution in [0.3, 0.4) is 0 Å². The van der Waals surface area contributed by atoms with Crippen LogP contribution in [0.15, 0.2) is 66.7 Å². The molecule has 3 N–H and O–H groups in total. The number of hydrogen-bond acceptors (Lipinski definition) is 5. The molecular weight excluding hydrogens is 454 g/mol. The molecule has 0 radical (unpaired) electrons. The van der Waals surface area contributed by atoms with Crippen molar-refractivity contribution in [1.29, 1.82) is 0 Å². The molecule has 0 aromatic heterocycles. The highest BCUT2D eigenvalue weighted by Crippen LogP contribution is 2.44. The van der Waals surface area contributed by atoms with Crippen LogP contribution in [0.4, 0.5) is 11.4 Å². The minimum Gasteiger partial charge on any atom is -0.484 e. The molecule has 2 atom stereocenters. The molecule has 8 heteroatoms. The van der Waals surface area contributed by atoms with Crippen molar-refractivity contribution in [3.8, 4) is 16.9 Å². The van der Waals surface area contributed by atoms with Crippen LogP contribution in [0.1, 0.15) is 25.3 Å². The molecule has 1 aliphatic rings. The number of nitrogens with zero attached hydrogens (tertiary/aromatic N) is 1. The number of imide groups is 1. The molecule has 0 bridgehead atoms. The number of benzene rings is 3. The van der Waals surface area contributed by atoms with Crippen LogP contribution in [-0.2, 0) is 14.4 Å². The summed E-state index contributed by atoms with van der Waals surface area (Å²) in [5, 5.41) is 3.09. The number of carbonyl (C=O) groups is 3. The maximum Gasteiger partial charge on any atom is 0.258 e. The van der Waals surface area contributed by atoms with Gasteiger partial charge in [-0.3, -0.25) is 14.4 Å². The van der Waals surface area contributed by atoms with E-state index in [0.717, 1.165) is 16.0 Å². The number of fused-ring (bicyclic) bond motifs is 3. The minimum absolute atomic E-state index is 0.308. The van der Waals surface area contributed by atoms with E-state index in [2.05, 4.69) is 5.32 Å². The molecule has 3 aromatic rings. The zero-order chi connectivity index (χ0) is 24.4. The van der Waals surface area contributed by atoms with Gasteiger partial charge in [0.25, 0.3) is 11.8 Å². The number of nitrogens with two attached hydrogens (primary N) is 1. The third-order valence-electron chi connectivity index (χ3n) is 5.74. The number of nitrogen functional groups attached to an aromatic ring is 1. The third-order valence-corrected chi connectivity index (χ3v) is 5.97. The van der Waals surface area contributed by atoms with Crippen LogP contribution < -0.4 is 20.7 Å². The highest BCUT2D eigenvalue weighted by molar-refractivity contribution is 6.30. The first kappa shape index (κ1) is 23.3. The van der Waals surface area contributed by atoms with Gasteiger partial charge >= 0.3 is 0 Å². The highest BCUT2D eigenvalue weighted by Gasteiger charge is 2.37. The SMILES string of the molecule is CC1C(=O)N(C(=O)[C@H](C)NC(=O)COc2cccc(Cl)c2)c2cccc(N)c2-c2ccccc21. The van der Waals surface area contributed by atoms with Gasteiger partial charge in [-0.25, -0.2) is 4.90 Å². The molecule has 174 valence electrons. The number of ether oxygens (including phenoxy) is 1. The van der Waals surface area contributed by atoms with E-state index in [4.69, 9.17) is 22.1 Å². The quantitative estimate of drug-likeness (QED) is 0.537. The predicted octanol–water partition coefficient (Wildman–Crippen LogP) is 4.15. The van der Waals surface area contributed by atoms with Gasteiger partial charge in [-0.05, 0) is 55.3 Å². The summed E-state index contributed by atoms with van der Waals surface area (Å²) in [7, 11) is 0. The molecule has 3 aromatic carbocycles. The van der Waals surface area contributed by atoms with Gasteiger partial charge in [0, 0.05) is 16.3 Å². The minimum atomic E-state index is -0.984. The number of rotatable bonds is 5. The zero-order valence-electron chi connectivity index (χ0n) is 18.7. The molecule has 7 nitrogen and oxygen atoms in total. The average molecular weight is 478 g/mol. The van der Waals surface area contributed by atoms with Crippen molar-refractivity contribution in [3.63, 3.8) is 0 Å². The van der Waals surface area contributed by atoms with E-state index in [0.29, 0.717) is 27.7 Å². The second-order valence-electron chi connectivity index (χ2n) is 8.10. The van der Waals surface area contributed by atoms with E-state index in [1.54, 1.807) is 49.4 Å². The van der Waals surface area contributed by atoms with Crippen LogP contribution in [0.2, 0.25) is 5.02 Å². The fourth-order valence-electron chi connectivity index (χ4n) is 4.06. The maximum atomic E-state index is 13.5. The summed E-state index contributed by atoms with van der Waals surface area (Å²) in [5.74, 6) is -1.61. The predicted molar refractivity (Wildman–Crippen MR) is 132 cm³/mol. The van der Waals surface area contributed by atoms with Gasteiger partial charge in [0.2, 0.25) is 5.91 Å². The molecule has 3 amide bonds. The molecule has 1 aliphatic heterocycles. The smallest absolute Gasteiger partial charge is 0.258 e. The first-order valence-corrected chi connectivity index (χ1v) is 11.2. The lowest BCUT2D eigenvalue weighted by Gasteiger charge is -2.26. The van der Waals surface area contributed by atoms with E-state index in [1.165, 1.54) is 6.92 Å². The molecule has 0 saturated heterocycles. The van der Waals surface area contributed by atoms with E-state index in [1.807, 2.05) is 24.3 Å². The van der Waals surface area contributed by atoms with Gasteiger partial charge in [0.05, 0.1) is 11.6 Å². The Morgan fingerprint density at radius 2 is 1.85 bits per heavy atom. The monoisotopic (exact) mass is 477 g/mol. The van der Waals surface area contributed by atoms with Crippen molar-refractivity contribution in [3.05, 3.63) is 77.3 Å². The Balaban J connectivity index is 1.58. The second kappa shape index (κ2) is 9.57. The fourth-order valence-corrected chi connectivity index (χ4v) is 4.24. The Bertz CT molecular complexity index is 1280. The number of anilines is 2. The molecule has 0 spiro atoms. The molecule has 4 rings (SSSR count). The fraction of sp³-hybridized carbons (Fsp3) is 0.192. The number of nitrogens with one attached hydrogen (secondary N) is 1. The van der Waals surface area contributed by atoms with Gasteiger partial charge in [-0.15, -0.1) is 0 Å². The average Bonchev–Trinajstić information content (AvgIpc) is 2.91. The summed E-state index contributed by atoms with van der Waals surface area (Å²) in [6, 6.07) is 18.2. The highest BCUT2D eigenvalue weighted by atomic mass is 35.5. The van der Waals surface area contributed by atoms with Crippen molar-refractivity contribution in [1.82, 2.24) is 5.32 Å². The van der Waals surface area contributed by atoms with Crippen molar-refractivity contribution in [2.24, 2.45) is 0 Å². The van der Waals surface area contributed by atoms with Crippen LogP contribution >= 0.6 is 11.6 Å². The number of carbonyl (C=O) groups excluding carboxylic acids is 3. The molecular formula is C26H24ClN3O4. The van der Waals surface area contributed by atoms with Gasteiger partial charge in [0.1, 0.15) is 11.8 Å². The third kappa shape index (κ3) is 4.47. The van der Waals surface area contributed by atoms with Gasteiger partial charge in [0.15, 0.2) is 6.61 Å². The summed E-state index contributed by atoms with van der Waals surface area (Å²) >= 11 is 5.93. The Morgan fingerprint density at radius 1 is 1.12 bits per heavy atom. The Labute approximate surface area is 202 Å². The van der Waals surface area contributed by atoms with E-state index in [9.17, 15) is 14.4 Å². The van der Waals surface area contributed by atoms with Gasteiger partial charge in [-0.2, -0.15) is 0 Å². The zero-order valence-corrected chi connectivity index (χ0v) is 19.5. The van der Waals surface area contributed by atoms with E-state index < -0.39 is 29.7 Å². The lowest BCUT2D eigenvalue weighted by molar-refractivity contribution is -0.131. The molecule has 0 aliphatic carbocycles. The Hall–Kier alpha value is -3.84. The molecule has 0 fully saturated rings. The van der Waals surface area contributed by atoms with Crippen molar-refractivity contribution < 1.29 is 19.1 Å². The van der Waals surface area contributed by atoms with Crippen LogP contribution in [-0.4, -0.2) is 30.4 Å². The van der Waals surface area contributed by atoms with Crippen molar-refractivity contribution in [2.45, 2.75) is 25.8 Å². The summed E-state index contributed by atoms with van der Waals surface area (Å²) in [5.41, 5.74) is 9.35. The van der Waals surface area contributed by atoms with E-state index in [-0.39, 0.29) is 6.61 Å². The van der Waals surface area contributed by atoms with Gasteiger partial charge in [-0.1, -0.05) is 48.0 Å². The molecule has 34 heavy (non-hydrogen) atoms. The standard InChI is InChI=1S/C26H24ClN3O4/c1-15-19-9-3-4-10-20(19)24-21(28)11-6-12-22(24)30(25(15)32)26(33)16(2)29-23(31)14-34-18-8-5-7-17(27)13-18/h3-13,15-16H,14,28H2,1-2H3,(H,29,31)/t15?,16-/m0/s1.